The van der Waals surface area contributed by atoms with Crippen LogP contribution in [0.3, 0.4) is 0 Å². The molecule has 0 heterocycles. The van der Waals surface area contributed by atoms with Crippen molar-refractivity contribution in [2.45, 2.75) is 33.6 Å². The molecule has 0 spiro atoms. The first-order valence-electron chi connectivity index (χ1n) is 9.27. The molecule has 148 valence electrons. The van der Waals surface area contributed by atoms with E-state index in [0.29, 0.717) is 11.3 Å². The van der Waals surface area contributed by atoms with Crippen LogP contribution in [0.25, 0.3) is 0 Å². The van der Waals surface area contributed by atoms with E-state index in [1.165, 1.54) is 11.8 Å². The van der Waals surface area contributed by atoms with Gasteiger partial charge in [0.25, 0.3) is 0 Å². The lowest BCUT2D eigenvalue weighted by Gasteiger charge is -2.21. The third kappa shape index (κ3) is 5.42. The zero-order valence-corrected chi connectivity index (χ0v) is 16.7. The number of nitrogens with zero attached hydrogens (tertiary/aromatic N) is 1. The highest BCUT2D eigenvalue weighted by molar-refractivity contribution is 6.02. The van der Waals surface area contributed by atoms with Gasteiger partial charge in [0.1, 0.15) is 6.54 Å². The molecule has 0 aliphatic carbocycles. The number of anilines is 2. The fraction of sp³-hybridized carbons (Fsp3) is 0.318. The maximum atomic E-state index is 12.6. The molecule has 0 aliphatic rings. The van der Waals surface area contributed by atoms with Gasteiger partial charge in [-0.15, -0.1) is 0 Å². The molecule has 0 unspecified atom stereocenters. The lowest BCUT2D eigenvalue weighted by atomic mass is 10.0. The van der Waals surface area contributed by atoms with Crippen molar-refractivity contribution in [2.75, 3.05) is 23.4 Å². The zero-order chi connectivity index (χ0) is 20.7. The number of hydrogen-bond acceptors (Lipinski definition) is 4. The molecule has 0 aliphatic heterocycles. The van der Waals surface area contributed by atoms with Crippen LogP contribution in [0.4, 0.5) is 11.4 Å². The highest BCUT2D eigenvalue weighted by Gasteiger charge is 2.18. The number of nitrogens with one attached hydrogen (secondary N) is 1. The predicted octanol–water partition coefficient (Wildman–Crippen LogP) is 3.98. The van der Waals surface area contributed by atoms with E-state index in [1.54, 1.807) is 31.2 Å². The summed E-state index contributed by atoms with van der Waals surface area (Å²) in [5, 5.41) is 2.89. The molecule has 0 fully saturated rings. The second kappa shape index (κ2) is 9.69. The second-order valence-corrected chi connectivity index (χ2v) is 6.66. The first-order chi connectivity index (χ1) is 13.3. The molecule has 1 N–H and O–H groups in total. The van der Waals surface area contributed by atoms with E-state index in [0.717, 1.165) is 11.3 Å². The summed E-state index contributed by atoms with van der Waals surface area (Å²) in [4.78, 5) is 37.8. The highest BCUT2D eigenvalue weighted by Crippen LogP contribution is 2.24. The van der Waals surface area contributed by atoms with Gasteiger partial charge in [0.2, 0.25) is 11.8 Å². The lowest BCUT2D eigenvalue weighted by molar-refractivity contribution is -0.120. The third-order valence-electron chi connectivity index (χ3n) is 4.23. The SMILES string of the molecule is CCOC(=O)c1ccc(N(CC(=O)Nc2ccccc2C(C)C)C(C)=O)cc1. The van der Waals surface area contributed by atoms with Gasteiger partial charge in [-0.25, -0.2) is 4.79 Å². The Bertz CT molecular complexity index is 844. The van der Waals surface area contributed by atoms with Crippen LogP contribution in [0.2, 0.25) is 0 Å². The first-order valence-corrected chi connectivity index (χ1v) is 9.27. The highest BCUT2D eigenvalue weighted by atomic mass is 16.5. The van der Waals surface area contributed by atoms with E-state index in [9.17, 15) is 14.4 Å². The van der Waals surface area contributed by atoms with Crippen LogP contribution in [-0.2, 0) is 14.3 Å². The Morgan fingerprint density at radius 2 is 1.68 bits per heavy atom. The molecule has 0 atom stereocenters. The number of esters is 1. The van der Waals surface area contributed by atoms with E-state index >= 15 is 0 Å². The van der Waals surface area contributed by atoms with Crippen molar-refractivity contribution in [2.24, 2.45) is 0 Å². The summed E-state index contributed by atoms with van der Waals surface area (Å²) in [7, 11) is 0. The summed E-state index contributed by atoms with van der Waals surface area (Å²) in [6, 6.07) is 14.0. The standard InChI is InChI=1S/C22H26N2O4/c1-5-28-22(27)17-10-12-18(13-11-17)24(16(4)25)14-21(26)23-20-9-7-6-8-19(20)15(2)3/h6-13,15H,5,14H2,1-4H3,(H,23,26). The number of hydrogen-bond donors (Lipinski definition) is 1. The lowest BCUT2D eigenvalue weighted by Crippen LogP contribution is -2.36. The molecule has 28 heavy (non-hydrogen) atoms. The van der Waals surface area contributed by atoms with E-state index in [-0.39, 0.29) is 30.9 Å². The number of carbonyl (C=O) groups is 3. The summed E-state index contributed by atoms with van der Waals surface area (Å²) in [5.74, 6) is -0.726. The van der Waals surface area contributed by atoms with E-state index in [4.69, 9.17) is 4.74 Å². The van der Waals surface area contributed by atoms with Gasteiger partial charge in [0.15, 0.2) is 0 Å². The topological polar surface area (TPSA) is 75.7 Å². The summed E-state index contributed by atoms with van der Waals surface area (Å²) in [6.45, 7) is 7.41. The average molecular weight is 382 g/mol. The van der Waals surface area contributed by atoms with Crippen molar-refractivity contribution < 1.29 is 19.1 Å². The van der Waals surface area contributed by atoms with Gasteiger partial charge in [-0.3, -0.25) is 9.59 Å². The minimum Gasteiger partial charge on any atom is -0.462 e. The Kier molecular flexibility index (Phi) is 7.32. The number of amides is 2. The summed E-state index contributed by atoms with van der Waals surface area (Å²) in [5.41, 5.74) is 2.70. The van der Waals surface area contributed by atoms with Gasteiger partial charge in [0.05, 0.1) is 12.2 Å². The molecule has 0 saturated carbocycles. The summed E-state index contributed by atoms with van der Waals surface area (Å²) in [6.07, 6.45) is 0. The van der Waals surface area contributed by atoms with Crippen LogP contribution in [0.15, 0.2) is 48.5 Å². The van der Waals surface area contributed by atoms with Crippen LogP contribution >= 0.6 is 0 Å². The molecule has 0 aromatic heterocycles. The van der Waals surface area contributed by atoms with Gasteiger partial charge in [0, 0.05) is 18.3 Å². The summed E-state index contributed by atoms with van der Waals surface area (Å²) < 4.78 is 4.95. The summed E-state index contributed by atoms with van der Waals surface area (Å²) >= 11 is 0. The number of carbonyl (C=O) groups excluding carboxylic acids is 3. The van der Waals surface area contributed by atoms with Crippen LogP contribution in [0.1, 0.15) is 49.5 Å². The third-order valence-corrected chi connectivity index (χ3v) is 4.23. The molecule has 2 rings (SSSR count). The smallest absolute Gasteiger partial charge is 0.338 e. The zero-order valence-electron chi connectivity index (χ0n) is 16.7. The van der Waals surface area contributed by atoms with Gasteiger partial charge in [-0.2, -0.15) is 0 Å². The van der Waals surface area contributed by atoms with Crippen molar-refractivity contribution in [1.82, 2.24) is 0 Å². The van der Waals surface area contributed by atoms with E-state index in [1.807, 2.05) is 24.3 Å². The normalized spacial score (nSPS) is 10.5. The number of rotatable bonds is 7. The minimum atomic E-state index is -0.425. The first kappa shape index (κ1) is 21.2. The minimum absolute atomic E-state index is 0.124. The Hall–Kier alpha value is -3.15. The van der Waals surface area contributed by atoms with Gasteiger partial charge in [-0.1, -0.05) is 32.0 Å². The molecule has 0 saturated heterocycles. The predicted molar refractivity (Wildman–Crippen MR) is 110 cm³/mol. The van der Waals surface area contributed by atoms with E-state index in [2.05, 4.69) is 19.2 Å². The molecule has 6 heteroatoms. The van der Waals surface area contributed by atoms with Gasteiger partial charge < -0.3 is 15.0 Å². The monoisotopic (exact) mass is 382 g/mol. The number of para-hydroxylation sites is 1. The molecule has 2 aromatic carbocycles. The average Bonchev–Trinajstić information content (AvgIpc) is 2.66. The van der Waals surface area contributed by atoms with E-state index < -0.39 is 5.97 Å². The fourth-order valence-electron chi connectivity index (χ4n) is 2.82. The Morgan fingerprint density at radius 3 is 2.25 bits per heavy atom. The van der Waals surface area contributed by atoms with Crippen molar-refractivity contribution in [3.05, 3.63) is 59.7 Å². The molecule has 2 aromatic rings. The largest absolute Gasteiger partial charge is 0.462 e. The Labute approximate surface area is 165 Å². The maximum absolute atomic E-state index is 12.6. The molecule has 2 amide bonds. The fourth-order valence-corrected chi connectivity index (χ4v) is 2.82. The van der Waals surface area contributed by atoms with Crippen molar-refractivity contribution >= 4 is 29.2 Å². The van der Waals surface area contributed by atoms with Gasteiger partial charge >= 0.3 is 5.97 Å². The van der Waals surface area contributed by atoms with Crippen LogP contribution in [-0.4, -0.2) is 30.9 Å². The number of benzene rings is 2. The van der Waals surface area contributed by atoms with Crippen molar-refractivity contribution in [3.63, 3.8) is 0 Å². The van der Waals surface area contributed by atoms with Crippen molar-refractivity contribution in [1.29, 1.82) is 0 Å². The van der Waals surface area contributed by atoms with Crippen LogP contribution in [0, 0.1) is 0 Å². The Morgan fingerprint density at radius 1 is 1.04 bits per heavy atom. The molecule has 0 bridgehead atoms. The molecule has 6 nitrogen and oxygen atoms in total. The van der Waals surface area contributed by atoms with Crippen LogP contribution < -0.4 is 10.2 Å². The molecular formula is C22H26N2O4. The number of ether oxygens (including phenoxy) is 1. The maximum Gasteiger partial charge on any atom is 0.338 e. The quantitative estimate of drug-likeness (QED) is 0.735. The van der Waals surface area contributed by atoms with Crippen LogP contribution in [0.5, 0.6) is 0 Å². The van der Waals surface area contributed by atoms with Gasteiger partial charge in [-0.05, 0) is 48.7 Å². The van der Waals surface area contributed by atoms with Crippen molar-refractivity contribution in [3.8, 4) is 0 Å². The second-order valence-electron chi connectivity index (χ2n) is 6.66. The molecule has 0 radical (unpaired) electrons. The Balaban J connectivity index is 2.14. The molecular weight excluding hydrogens is 356 g/mol.